The summed E-state index contributed by atoms with van der Waals surface area (Å²) >= 11 is 5.16. The van der Waals surface area contributed by atoms with Crippen molar-refractivity contribution >= 4 is 23.1 Å². The fourth-order valence-electron chi connectivity index (χ4n) is 2.93. The second-order valence-electron chi connectivity index (χ2n) is 6.32. The summed E-state index contributed by atoms with van der Waals surface area (Å²) in [5.74, 6) is 1.56. The molecule has 0 spiro atoms. The van der Waals surface area contributed by atoms with Gasteiger partial charge in [0, 0.05) is 11.3 Å². The molecule has 0 saturated heterocycles. The summed E-state index contributed by atoms with van der Waals surface area (Å²) in [4.78, 5) is 0. The quantitative estimate of drug-likeness (QED) is 0.766. The average Bonchev–Trinajstić information content (AvgIpc) is 3.39. The molecule has 1 aliphatic carbocycles. The third-order valence-electron chi connectivity index (χ3n) is 4.35. The van der Waals surface area contributed by atoms with Gasteiger partial charge in [-0.1, -0.05) is 29.8 Å². The van der Waals surface area contributed by atoms with Crippen LogP contribution in [-0.2, 0) is 11.3 Å². The highest BCUT2D eigenvalue weighted by atomic mass is 32.1. The minimum absolute atomic E-state index is 0.371. The van der Waals surface area contributed by atoms with Gasteiger partial charge in [-0.15, -0.1) is 0 Å². The van der Waals surface area contributed by atoms with E-state index in [1.165, 1.54) is 29.5 Å². The number of rotatable bonds is 5. The summed E-state index contributed by atoms with van der Waals surface area (Å²) in [7, 11) is 1.58. The van der Waals surface area contributed by atoms with Gasteiger partial charge in [-0.2, -0.15) is 0 Å². The van der Waals surface area contributed by atoms with Crippen LogP contribution in [-0.4, -0.2) is 12.3 Å². The minimum Gasteiger partial charge on any atom is -0.489 e. The lowest BCUT2D eigenvalue weighted by molar-refractivity contribution is 0.303. The van der Waals surface area contributed by atoms with Crippen LogP contribution in [0.15, 0.2) is 36.4 Å². The van der Waals surface area contributed by atoms with Crippen molar-refractivity contribution in [2.75, 3.05) is 12.4 Å². The summed E-state index contributed by atoms with van der Waals surface area (Å²) < 4.78 is 11.2. The van der Waals surface area contributed by atoms with E-state index < -0.39 is 0 Å². The van der Waals surface area contributed by atoms with Crippen molar-refractivity contribution < 1.29 is 9.47 Å². The molecule has 2 aromatic rings. The van der Waals surface area contributed by atoms with Gasteiger partial charge in [0.25, 0.3) is 5.17 Å². The first-order valence-electron chi connectivity index (χ1n) is 8.25. The Bertz CT molecular complexity index is 753. The molecule has 126 valence electrons. The average molecular weight is 341 g/mol. The normalized spacial score (nSPS) is 13.5. The first-order chi connectivity index (χ1) is 11.6. The maximum Gasteiger partial charge on any atom is 0.260 e. The Hall–Kier alpha value is -2.07. The number of anilines is 1. The molecule has 1 saturated carbocycles. The molecular formula is C20H23NO2S. The zero-order chi connectivity index (χ0) is 17.1. The van der Waals surface area contributed by atoms with Gasteiger partial charge in [-0.05, 0) is 68.1 Å². The molecule has 0 heterocycles. The summed E-state index contributed by atoms with van der Waals surface area (Å²) in [6.45, 7) is 4.69. The maximum atomic E-state index is 6.13. The molecule has 0 aromatic heterocycles. The lowest BCUT2D eigenvalue weighted by Crippen LogP contribution is -2.14. The summed E-state index contributed by atoms with van der Waals surface area (Å²) in [5, 5.41) is 3.54. The van der Waals surface area contributed by atoms with Crippen molar-refractivity contribution in [3.8, 4) is 5.75 Å². The van der Waals surface area contributed by atoms with E-state index in [0.29, 0.717) is 17.7 Å². The molecule has 3 nitrogen and oxygen atoms in total. The Morgan fingerprint density at radius 2 is 2.00 bits per heavy atom. The van der Waals surface area contributed by atoms with E-state index in [2.05, 4.69) is 43.4 Å². The summed E-state index contributed by atoms with van der Waals surface area (Å²) in [6.07, 6.45) is 2.49. The van der Waals surface area contributed by atoms with Crippen molar-refractivity contribution in [1.29, 1.82) is 0 Å². The number of ether oxygens (including phenoxy) is 2. The highest BCUT2D eigenvalue weighted by Gasteiger charge is 2.27. The Balaban J connectivity index is 1.85. The number of hydrogen-bond donors (Lipinski definition) is 1. The molecule has 4 heteroatoms. The van der Waals surface area contributed by atoms with Crippen molar-refractivity contribution in [3.05, 3.63) is 58.7 Å². The number of nitrogens with one attached hydrogen (secondary N) is 1. The van der Waals surface area contributed by atoms with E-state index >= 15 is 0 Å². The molecule has 3 rings (SSSR count). The number of aryl methyl sites for hydroxylation is 2. The van der Waals surface area contributed by atoms with Crippen molar-refractivity contribution in [1.82, 2.24) is 0 Å². The Kier molecular flexibility index (Phi) is 5.05. The number of thiocarbonyl (C=S) groups is 1. The zero-order valence-corrected chi connectivity index (χ0v) is 15.2. The second-order valence-corrected chi connectivity index (χ2v) is 6.69. The number of methoxy groups -OCH3 is 1. The summed E-state index contributed by atoms with van der Waals surface area (Å²) in [6, 6.07) is 12.5. The van der Waals surface area contributed by atoms with Gasteiger partial charge >= 0.3 is 0 Å². The van der Waals surface area contributed by atoms with Crippen LogP contribution >= 0.6 is 12.2 Å². The van der Waals surface area contributed by atoms with Crippen LogP contribution < -0.4 is 10.1 Å². The van der Waals surface area contributed by atoms with Gasteiger partial charge in [-0.3, -0.25) is 0 Å². The highest BCUT2D eigenvalue weighted by Crippen LogP contribution is 2.43. The lowest BCUT2D eigenvalue weighted by Gasteiger charge is -2.17. The van der Waals surface area contributed by atoms with Crippen molar-refractivity contribution in [2.45, 2.75) is 39.2 Å². The highest BCUT2D eigenvalue weighted by molar-refractivity contribution is 7.80. The Morgan fingerprint density at radius 1 is 1.21 bits per heavy atom. The van der Waals surface area contributed by atoms with E-state index in [0.717, 1.165) is 17.0 Å². The van der Waals surface area contributed by atoms with Crippen molar-refractivity contribution in [3.63, 3.8) is 0 Å². The Morgan fingerprint density at radius 3 is 2.67 bits per heavy atom. The smallest absolute Gasteiger partial charge is 0.260 e. The minimum atomic E-state index is 0.371. The second kappa shape index (κ2) is 7.22. The molecule has 1 aliphatic rings. The molecular weight excluding hydrogens is 318 g/mol. The zero-order valence-electron chi connectivity index (χ0n) is 14.4. The van der Waals surface area contributed by atoms with Crippen LogP contribution in [0.25, 0.3) is 0 Å². The van der Waals surface area contributed by atoms with Crippen LogP contribution in [0.5, 0.6) is 5.75 Å². The fraction of sp³-hybridized carbons (Fsp3) is 0.350. The van der Waals surface area contributed by atoms with Crippen LogP contribution in [0.3, 0.4) is 0 Å². The van der Waals surface area contributed by atoms with E-state index in [1.807, 2.05) is 12.1 Å². The maximum absolute atomic E-state index is 6.13. The predicted octanol–water partition coefficient (Wildman–Crippen LogP) is 5.10. The van der Waals surface area contributed by atoms with E-state index in [9.17, 15) is 0 Å². The fourth-order valence-corrected chi connectivity index (χ4v) is 3.04. The molecule has 1 N–H and O–H groups in total. The van der Waals surface area contributed by atoms with Crippen molar-refractivity contribution in [2.24, 2.45) is 0 Å². The van der Waals surface area contributed by atoms with Crippen LogP contribution in [0, 0.1) is 13.8 Å². The lowest BCUT2D eigenvalue weighted by atomic mass is 10.0. The molecule has 24 heavy (non-hydrogen) atoms. The predicted molar refractivity (Wildman–Crippen MR) is 102 cm³/mol. The number of hydrogen-bond acceptors (Lipinski definition) is 3. The van der Waals surface area contributed by atoms with Gasteiger partial charge in [-0.25, -0.2) is 0 Å². The molecule has 0 atom stereocenters. The largest absolute Gasteiger partial charge is 0.489 e. The molecule has 0 radical (unpaired) electrons. The molecule has 0 bridgehead atoms. The van der Waals surface area contributed by atoms with E-state index in [1.54, 1.807) is 7.11 Å². The third kappa shape index (κ3) is 3.88. The van der Waals surface area contributed by atoms with Crippen LogP contribution in [0.2, 0.25) is 0 Å². The molecule has 2 aromatic carbocycles. The van der Waals surface area contributed by atoms with Crippen LogP contribution in [0.4, 0.5) is 5.69 Å². The monoisotopic (exact) mass is 341 g/mol. The SMILES string of the molecule is COC(=S)Nc1cccc(C2CC2)c1COc1ccc(C)cc1C. The van der Waals surface area contributed by atoms with Gasteiger partial charge in [0.15, 0.2) is 0 Å². The van der Waals surface area contributed by atoms with Gasteiger partial charge in [0.1, 0.15) is 12.4 Å². The molecule has 1 fully saturated rings. The van der Waals surface area contributed by atoms with E-state index in [-0.39, 0.29) is 0 Å². The van der Waals surface area contributed by atoms with Gasteiger partial charge < -0.3 is 14.8 Å². The molecule has 0 aliphatic heterocycles. The molecule has 0 unspecified atom stereocenters. The van der Waals surface area contributed by atoms with Gasteiger partial charge in [0.2, 0.25) is 0 Å². The standard InChI is InChI=1S/C20H23NO2S/c1-13-7-10-19(14(2)11-13)23-12-17-16(15-8-9-15)5-4-6-18(17)21-20(24)22-3/h4-7,10-11,15H,8-9,12H2,1-3H3,(H,21,24). The summed E-state index contributed by atoms with van der Waals surface area (Å²) in [5.41, 5.74) is 5.88. The molecule has 0 amide bonds. The van der Waals surface area contributed by atoms with Crippen LogP contribution in [0.1, 0.15) is 41.0 Å². The first kappa shape index (κ1) is 16.8. The Labute approximate surface area is 149 Å². The topological polar surface area (TPSA) is 30.5 Å². The third-order valence-corrected chi connectivity index (χ3v) is 4.62. The number of benzene rings is 2. The van der Waals surface area contributed by atoms with Gasteiger partial charge in [0.05, 0.1) is 7.11 Å². The first-order valence-corrected chi connectivity index (χ1v) is 8.66. The van der Waals surface area contributed by atoms with E-state index in [4.69, 9.17) is 21.7 Å².